The molecule has 0 atom stereocenters. The molecular weight excluding hydrogens is 258 g/mol. The summed E-state index contributed by atoms with van der Waals surface area (Å²) in [6, 6.07) is 3.61. The molecule has 90 valence electrons. The van der Waals surface area contributed by atoms with Crippen molar-refractivity contribution in [2.24, 2.45) is 0 Å². The Morgan fingerprint density at radius 3 is 2.76 bits per heavy atom. The summed E-state index contributed by atoms with van der Waals surface area (Å²) in [4.78, 5) is 12.6. The van der Waals surface area contributed by atoms with Gasteiger partial charge in [0.1, 0.15) is 0 Å². The molecule has 0 bridgehead atoms. The summed E-state index contributed by atoms with van der Waals surface area (Å²) in [5.74, 6) is -0.329. The first-order valence-electron chi connectivity index (χ1n) is 5.02. The Kier molecular flexibility index (Phi) is 3.35. The highest BCUT2D eigenvalue weighted by molar-refractivity contribution is 7.98. The SMILES string of the molecule is COC(=O)c1cc(C)c2c(c1)c(SC)cn2Cl. The van der Waals surface area contributed by atoms with Gasteiger partial charge < -0.3 is 4.74 Å². The second-order valence-corrected chi connectivity index (χ2v) is 4.90. The molecule has 5 heteroatoms. The van der Waals surface area contributed by atoms with E-state index < -0.39 is 0 Å². The van der Waals surface area contributed by atoms with Gasteiger partial charge in [-0.3, -0.25) is 4.09 Å². The zero-order chi connectivity index (χ0) is 12.6. The summed E-state index contributed by atoms with van der Waals surface area (Å²) in [5, 5.41) is 0.980. The van der Waals surface area contributed by atoms with Crippen molar-refractivity contribution in [3.8, 4) is 0 Å². The molecule has 0 N–H and O–H groups in total. The molecule has 17 heavy (non-hydrogen) atoms. The minimum atomic E-state index is -0.329. The summed E-state index contributed by atoms with van der Waals surface area (Å²) < 4.78 is 6.30. The Bertz CT molecular complexity index is 592. The molecule has 1 aromatic carbocycles. The number of benzene rings is 1. The van der Waals surface area contributed by atoms with Crippen LogP contribution in [-0.4, -0.2) is 23.4 Å². The minimum absolute atomic E-state index is 0.329. The molecule has 0 amide bonds. The van der Waals surface area contributed by atoms with Crippen molar-refractivity contribution in [1.29, 1.82) is 0 Å². The molecule has 0 aliphatic rings. The first kappa shape index (κ1) is 12.3. The number of thioether (sulfide) groups is 1. The number of hydrogen-bond donors (Lipinski definition) is 0. The lowest BCUT2D eigenvalue weighted by atomic mass is 10.1. The topological polar surface area (TPSA) is 31.2 Å². The number of hydrogen-bond acceptors (Lipinski definition) is 3. The van der Waals surface area contributed by atoms with Crippen molar-refractivity contribution in [2.75, 3.05) is 13.4 Å². The van der Waals surface area contributed by atoms with Gasteiger partial charge in [0.15, 0.2) is 0 Å². The van der Waals surface area contributed by atoms with Crippen molar-refractivity contribution >= 4 is 40.4 Å². The summed E-state index contributed by atoms with van der Waals surface area (Å²) >= 11 is 7.71. The van der Waals surface area contributed by atoms with E-state index in [2.05, 4.69) is 0 Å². The zero-order valence-corrected chi connectivity index (χ0v) is 11.4. The number of aromatic nitrogens is 1. The van der Waals surface area contributed by atoms with Crippen LogP contribution in [0.25, 0.3) is 10.9 Å². The molecule has 0 saturated carbocycles. The van der Waals surface area contributed by atoms with Crippen molar-refractivity contribution in [2.45, 2.75) is 11.8 Å². The number of fused-ring (bicyclic) bond motifs is 1. The van der Waals surface area contributed by atoms with E-state index in [1.807, 2.05) is 25.4 Å². The summed E-state index contributed by atoms with van der Waals surface area (Å²) in [5.41, 5.74) is 2.44. The van der Waals surface area contributed by atoms with Crippen LogP contribution >= 0.6 is 23.5 Å². The van der Waals surface area contributed by atoms with E-state index in [1.54, 1.807) is 21.9 Å². The molecule has 2 aromatic rings. The van der Waals surface area contributed by atoms with E-state index in [-0.39, 0.29) is 5.97 Å². The van der Waals surface area contributed by atoms with Crippen molar-refractivity contribution in [3.63, 3.8) is 0 Å². The van der Waals surface area contributed by atoms with Gasteiger partial charge in [-0.1, -0.05) is 0 Å². The van der Waals surface area contributed by atoms with E-state index >= 15 is 0 Å². The number of esters is 1. The quantitative estimate of drug-likeness (QED) is 0.618. The first-order chi connectivity index (χ1) is 8.08. The van der Waals surface area contributed by atoms with Gasteiger partial charge in [-0.25, -0.2) is 4.79 Å². The molecule has 0 radical (unpaired) electrons. The number of carbonyl (C=O) groups is 1. The van der Waals surface area contributed by atoms with Gasteiger partial charge >= 0.3 is 5.97 Å². The number of halogens is 1. The Morgan fingerprint density at radius 2 is 2.18 bits per heavy atom. The molecule has 0 saturated heterocycles. The highest BCUT2D eigenvalue weighted by Gasteiger charge is 2.14. The fourth-order valence-corrected chi connectivity index (χ4v) is 2.85. The van der Waals surface area contributed by atoms with Crippen molar-refractivity contribution in [1.82, 2.24) is 4.09 Å². The van der Waals surface area contributed by atoms with Gasteiger partial charge in [-0.05, 0) is 30.9 Å². The standard InChI is InChI=1S/C12H12ClNO2S/c1-7-4-8(12(15)16-2)5-9-10(17-3)6-14(13)11(7)9/h4-6H,1-3H3. The van der Waals surface area contributed by atoms with Gasteiger partial charge in [0.25, 0.3) is 0 Å². The Morgan fingerprint density at radius 1 is 1.47 bits per heavy atom. The lowest BCUT2D eigenvalue weighted by Gasteiger charge is -2.04. The minimum Gasteiger partial charge on any atom is -0.465 e. The molecule has 0 spiro atoms. The number of aryl methyl sites for hydroxylation is 1. The van der Waals surface area contributed by atoms with Crippen LogP contribution in [0, 0.1) is 6.92 Å². The van der Waals surface area contributed by atoms with Crippen molar-refractivity contribution in [3.05, 3.63) is 29.5 Å². The number of methoxy groups -OCH3 is 1. The fraction of sp³-hybridized carbons (Fsp3) is 0.250. The van der Waals surface area contributed by atoms with Gasteiger partial charge in [-0.2, -0.15) is 0 Å². The molecular formula is C12H12ClNO2S. The van der Waals surface area contributed by atoms with E-state index in [0.29, 0.717) is 5.56 Å². The van der Waals surface area contributed by atoms with Gasteiger partial charge in [0.05, 0.1) is 18.2 Å². The smallest absolute Gasteiger partial charge is 0.337 e. The third-order valence-corrected chi connectivity index (χ3v) is 3.68. The monoisotopic (exact) mass is 269 g/mol. The molecule has 2 rings (SSSR count). The van der Waals surface area contributed by atoms with Crippen LogP contribution in [0.5, 0.6) is 0 Å². The van der Waals surface area contributed by atoms with Gasteiger partial charge in [-0.15, -0.1) is 11.8 Å². The first-order valence-corrected chi connectivity index (χ1v) is 6.59. The maximum absolute atomic E-state index is 11.5. The van der Waals surface area contributed by atoms with Crippen LogP contribution in [0.1, 0.15) is 15.9 Å². The van der Waals surface area contributed by atoms with E-state index in [0.717, 1.165) is 21.4 Å². The molecule has 0 aliphatic heterocycles. The molecule has 0 unspecified atom stereocenters. The summed E-state index contributed by atoms with van der Waals surface area (Å²) in [7, 11) is 1.38. The number of carbonyl (C=O) groups excluding carboxylic acids is 1. The second-order valence-electron chi connectivity index (χ2n) is 3.69. The Balaban J connectivity index is 2.75. The number of nitrogens with zero attached hydrogens (tertiary/aromatic N) is 1. The lowest BCUT2D eigenvalue weighted by molar-refractivity contribution is 0.0601. The van der Waals surface area contributed by atoms with Crippen LogP contribution in [0.3, 0.4) is 0 Å². The van der Waals surface area contributed by atoms with Crippen LogP contribution in [0.15, 0.2) is 23.2 Å². The fourth-order valence-electron chi connectivity index (χ4n) is 1.89. The highest BCUT2D eigenvalue weighted by atomic mass is 35.5. The number of rotatable bonds is 2. The largest absolute Gasteiger partial charge is 0.465 e. The lowest BCUT2D eigenvalue weighted by Crippen LogP contribution is -2.01. The molecule has 0 fully saturated rings. The highest BCUT2D eigenvalue weighted by Crippen LogP contribution is 2.32. The van der Waals surface area contributed by atoms with Crippen LogP contribution in [0.2, 0.25) is 0 Å². The maximum atomic E-state index is 11.5. The van der Waals surface area contributed by atoms with E-state index in [9.17, 15) is 4.79 Å². The Hall–Kier alpha value is -1.13. The predicted molar refractivity (Wildman–Crippen MR) is 71.0 cm³/mol. The zero-order valence-electron chi connectivity index (χ0n) is 9.78. The molecule has 0 aliphatic carbocycles. The third-order valence-electron chi connectivity index (χ3n) is 2.65. The number of ether oxygens (including phenoxy) is 1. The third kappa shape index (κ3) is 2.03. The predicted octanol–water partition coefficient (Wildman–Crippen LogP) is 3.46. The van der Waals surface area contributed by atoms with Gasteiger partial charge in [0.2, 0.25) is 0 Å². The van der Waals surface area contributed by atoms with E-state index in [4.69, 9.17) is 16.5 Å². The van der Waals surface area contributed by atoms with Crippen molar-refractivity contribution < 1.29 is 9.53 Å². The summed E-state index contributed by atoms with van der Waals surface area (Å²) in [6.45, 7) is 1.93. The Labute approximate surface area is 109 Å². The molecule has 1 aromatic heterocycles. The normalized spacial score (nSPS) is 10.8. The molecule has 1 heterocycles. The maximum Gasteiger partial charge on any atom is 0.337 e. The van der Waals surface area contributed by atoms with Crippen LogP contribution in [0.4, 0.5) is 0 Å². The average molecular weight is 270 g/mol. The summed E-state index contributed by atoms with van der Waals surface area (Å²) in [6.07, 6.45) is 3.83. The average Bonchev–Trinajstić information content (AvgIpc) is 2.65. The van der Waals surface area contributed by atoms with E-state index in [1.165, 1.54) is 7.11 Å². The van der Waals surface area contributed by atoms with Crippen LogP contribution < -0.4 is 0 Å². The second kappa shape index (κ2) is 4.63. The van der Waals surface area contributed by atoms with Crippen LogP contribution in [-0.2, 0) is 4.74 Å². The molecule has 3 nitrogen and oxygen atoms in total. The van der Waals surface area contributed by atoms with Gasteiger partial charge in [0, 0.05) is 28.3 Å².